The van der Waals surface area contributed by atoms with Crippen LogP contribution in [0.3, 0.4) is 0 Å². The number of carbonyl (C=O) groups excluding carboxylic acids is 1. The summed E-state index contributed by atoms with van der Waals surface area (Å²) < 4.78 is 41.3. The Bertz CT molecular complexity index is 1130. The molecule has 3 aromatic rings. The number of nitrogens with zero attached hydrogens (tertiary/aromatic N) is 3. The average molecular weight is 400 g/mol. The number of nitrogens with one attached hydrogen (secondary N) is 1. The van der Waals surface area contributed by atoms with E-state index in [1.165, 1.54) is 27.3 Å². The first-order chi connectivity index (χ1) is 13.4. The normalized spacial score (nSPS) is 15.5. The van der Waals surface area contributed by atoms with Crippen molar-refractivity contribution in [3.05, 3.63) is 72.6 Å². The van der Waals surface area contributed by atoms with E-state index in [0.29, 0.717) is 35.6 Å². The lowest BCUT2D eigenvalue weighted by atomic mass is 10.1. The smallest absolute Gasteiger partial charge is 0.255 e. The highest BCUT2D eigenvalue weighted by atomic mass is 32.2. The molecule has 1 aliphatic rings. The second kappa shape index (κ2) is 7.08. The molecule has 0 bridgehead atoms. The minimum atomic E-state index is -3.33. The first kappa shape index (κ1) is 18.2. The topological polar surface area (TPSA) is 84.3 Å². The van der Waals surface area contributed by atoms with Gasteiger partial charge >= 0.3 is 0 Å². The third-order valence-corrected chi connectivity index (χ3v) is 6.35. The van der Waals surface area contributed by atoms with Gasteiger partial charge in [-0.05, 0) is 42.8 Å². The van der Waals surface area contributed by atoms with Crippen molar-refractivity contribution in [1.82, 2.24) is 9.55 Å². The summed E-state index contributed by atoms with van der Waals surface area (Å²) in [5, 5.41) is 2.64. The number of anilines is 2. The third-order valence-electron chi connectivity index (χ3n) is 4.48. The molecule has 0 aliphatic carbocycles. The molecule has 1 aliphatic heterocycles. The Morgan fingerprint density at radius 2 is 2.04 bits per heavy atom. The molecule has 144 valence electrons. The number of benzene rings is 2. The highest BCUT2D eigenvalue weighted by Crippen LogP contribution is 2.25. The van der Waals surface area contributed by atoms with E-state index < -0.39 is 21.7 Å². The molecular formula is C19H17FN4O3S. The van der Waals surface area contributed by atoms with E-state index in [-0.39, 0.29) is 5.75 Å². The first-order valence-corrected chi connectivity index (χ1v) is 10.2. The van der Waals surface area contributed by atoms with Crippen LogP contribution in [0.15, 0.2) is 61.2 Å². The molecule has 0 radical (unpaired) electrons. The van der Waals surface area contributed by atoms with Crippen molar-refractivity contribution in [2.75, 3.05) is 21.9 Å². The molecule has 9 heteroatoms. The van der Waals surface area contributed by atoms with Gasteiger partial charge in [-0.15, -0.1) is 0 Å². The summed E-state index contributed by atoms with van der Waals surface area (Å²) in [4.78, 5) is 16.4. The van der Waals surface area contributed by atoms with Gasteiger partial charge in [-0.2, -0.15) is 0 Å². The van der Waals surface area contributed by atoms with Crippen LogP contribution in [0.5, 0.6) is 0 Å². The van der Waals surface area contributed by atoms with E-state index in [2.05, 4.69) is 10.3 Å². The maximum atomic E-state index is 14.3. The summed E-state index contributed by atoms with van der Waals surface area (Å²) in [5.74, 6) is -0.854. The van der Waals surface area contributed by atoms with Gasteiger partial charge in [0.1, 0.15) is 5.82 Å². The van der Waals surface area contributed by atoms with Crippen molar-refractivity contribution in [2.45, 2.75) is 6.42 Å². The number of rotatable bonds is 4. The predicted molar refractivity (Wildman–Crippen MR) is 104 cm³/mol. The van der Waals surface area contributed by atoms with E-state index in [1.807, 2.05) is 0 Å². The van der Waals surface area contributed by atoms with Crippen LogP contribution in [-0.2, 0) is 10.0 Å². The van der Waals surface area contributed by atoms with Gasteiger partial charge < -0.3 is 9.88 Å². The molecule has 1 N–H and O–H groups in total. The Balaban J connectivity index is 1.54. The van der Waals surface area contributed by atoms with E-state index in [9.17, 15) is 17.6 Å². The van der Waals surface area contributed by atoms with Crippen LogP contribution in [0.4, 0.5) is 15.8 Å². The van der Waals surface area contributed by atoms with Crippen molar-refractivity contribution in [1.29, 1.82) is 0 Å². The lowest BCUT2D eigenvalue weighted by Gasteiger charge is -2.17. The van der Waals surface area contributed by atoms with Gasteiger partial charge in [0.15, 0.2) is 0 Å². The minimum absolute atomic E-state index is 0.103. The summed E-state index contributed by atoms with van der Waals surface area (Å²) >= 11 is 0. The van der Waals surface area contributed by atoms with Gasteiger partial charge in [0, 0.05) is 30.2 Å². The Labute approximate surface area is 161 Å². The number of hydrogen-bond acceptors (Lipinski definition) is 4. The van der Waals surface area contributed by atoms with Crippen molar-refractivity contribution < 1.29 is 17.6 Å². The number of amides is 1. The maximum Gasteiger partial charge on any atom is 0.255 e. The molecule has 0 spiro atoms. The summed E-state index contributed by atoms with van der Waals surface area (Å²) in [5.41, 5.74) is 1.35. The molecule has 28 heavy (non-hydrogen) atoms. The molecule has 1 amide bonds. The SMILES string of the molecule is O=C(Nc1ccc(-n2ccnc2)c(F)c1)c1cccc(N2CCCS2(=O)=O)c1. The molecule has 4 rings (SSSR count). The van der Waals surface area contributed by atoms with Gasteiger partial charge in [0.05, 0.1) is 23.5 Å². The lowest BCUT2D eigenvalue weighted by Crippen LogP contribution is -2.25. The predicted octanol–water partition coefficient (Wildman–Crippen LogP) is 2.80. The van der Waals surface area contributed by atoms with Crippen LogP contribution >= 0.6 is 0 Å². The van der Waals surface area contributed by atoms with Crippen LogP contribution in [-0.4, -0.2) is 36.2 Å². The average Bonchev–Trinajstić information content (AvgIpc) is 3.31. The number of halogens is 1. The molecule has 2 heterocycles. The van der Waals surface area contributed by atoms with E-state index in [1.54, 1.807) is 42.7 Å². The standard InChI is InChI=1S/C19H17FN4O3S/c20-17-12-15(5-6-18(17)23-9-7-21-13-23)22-19(25)14-3-1-4-16(11-14)24-8-2-10-28(24,26)27/h1,3-7,9,11-13H,2,8,10H2,(H,22,25). The zero-order valence-electron chi connectivity index (χ0n) is 14.7. The first-order valence-electron chi connectivity index (χ1n) is 8.64. The maximum absolute atomic E-state index is 14.3. The Morgan fingerprint density at radius 3 is 2.71 bits per heavy atom. The fraction of sp³-hybridized carbons (Fsp3) is 0.158. The minimum Gasteiger partial charge on any atom is -0.322 e. The van der Waals surface area contributed by atoms with Gasteiger partial charge in [0.25, 0.3) is 5.91 Å². The van der Waals surface area contributed by atoms with E-state index in [4.69, 9.17) is 0 Å². The fourth-order valence-corrected chi connectivity index (χ4v) is 4.69. The highest BCUT2D eigenvalue weighted by Gasteiger charge is 2.28. The molecule has 0 unspecified atom stereocenters. The van der Waals surface area contributed by atoms with Crippen molar-refractivity contribution >= 4 is 27.3 Å². The summed E-state index contributed by atoms with van der Waals surface area (Å²) in [7, 11) is -3.33. The van der Waals surface area contributed by atoms with E-state index in [0.717, 1.165) is 0 Å². The Kier molecular flexibility index (Phi) is 4.60. The van der Waals surface area contributed by atoms with Gasteiger partial charge in [-0.1, -0.05) is 6.07 Å². The molecule has 1 saturated heterocycles. The number of sulfonamides is 1. The quantitative estimate of drug-likeness (QED) is 0.730. The summed E-state index contributed by atoms with van der Waals surface area (Å²) in [6, 6.07) is 10.7. The molecule has 1 aromatic heterocycles. The molecular weight excluding hydrogens is 383 g/mol. The van der Waals surface area contributed by atoms with Crippen LogP contribution in [0.25, 0.3) is 5.69 Å². The van der Waals surface area contributed by atoms with E-state index >= 15 is 0 Å². The Morgan fingerprint density at radius 1 is 1.18 bits per heavy atom. The Hall–Kier alpha value is -3.20. The van der Waals surface area contributed by atoms with Crippen molar-refractivity contribution in [3.63, 3.8) is 0 Å². The second-order valence-corrected chi connectivity index (χ2v) is 8.40. The zero-order chi connectivity index (χ0) is 19.7. The second-order valence-electron chi connectivity index (χ2n) is 6.38. The van der Waals surface area contributed by atoms with Crippen molar-refractivity contribution in [2.24, 2.45) is 0 Å². The number of hydrogen-bond donors (Lipinski definition) is 1. The zero-order valence-corrected chi connectivity index (χ0v) is 15.6. The highest BCUT2D eigenvalue weighted by molar-refractivity contribution is 7.93. The molecule has 2 aromatic carbocycles. The third kappa shape index (κ3) is 3.48. The molecule has 1 fully saturated rings. The summed E-state index contributed by atoms with van der Waals surface area (Å²) in [6.45, 7) is 0.397. The molecule has 7 nitrogen and oxygen atoms in total. The van der Waals surface area contributed by atoms with Crippen LogP contribution in [0.1, 0.15) is 16.8 Å². The largest absolute Gasteiger partial charge is 0.322 e. The molecule has 0 atom stereocenters. The van der Waals surface area contributed by atoms with Crippen LogP contribution < -0.4 is 9.62 Å². The van der Waals surface area contributed by atoms with Gasteiger partial charge in [0.2, 0.25) is 10.0 Å². The number of aromatic nitrogens is 2. The van der Waals surface area contributed by atoms with Crippen LogP contribution in [0, 0.1) is 5.82 Å². The van der Waals surface area contributed by atoms with Crippen LogP contribution in [0.2, 0.25) is 0 Å². The van der Waals surface area contributed by atoms with Crippen molar-refractivity contribution in [3.8, 4) is 5.69 Å². The number of carbonyl (C=O) groups is 1. The summed E-state index contributed by atoms with van der Waals surface area (Å²) in [6.07, 6.45) is 5.20. The fourth-order valence-electron chi connectivity index (χ4n) is 3.13. The van der Waals surface area contributed by atoms with Gasteiger partial charge in [-0.3, -0.25) is 9.10 Å². The molecule has 0 saturated carbocycles. The lowest BCUT2D eigenvalue weighted by molar-refractivity contribution is 0.102. The number of imidazole rings is 1. The monoisotopic (exact) mass is 400 g/mol. The van der Waals surface area contributed by atoms with Gasteiger partial charge in [-0.25, -0.2) is 17.8 Å².